The van der Waals surface area contributed by atoms with Crippen molar-refractivity contribution in [3.05, 3.63) is 142 Å². The Morgan fingerprint density at radius 2 is 0.907 bits per heavy atom. The van der Waals surface area contributed by atoms with E-state index in [-0.39, 0.29) is 160 Å². The molecule has 0 saturated carbocycles. The summed E-state index contributed by atoms with van der Waals surface area (Å²) in [5.41, 5.74) is 2.66. The molecule has 3 aromatic heterocycles. The maximum absolute atomic E-state index is 12.6. The normalized spacial score (nSPS) is 15.3. The molecule has 0 aliphatic carbocycles. The molecule has 4 fully saturated rings. The Balaban J connectivity index is 0.000000268. The Bertz CT molecular complexity index is 3270. The van der Waals surface area contributed by atoms with Crippen LogP contribution in [0.3, 0.4) is 0 Å². The molecule has 86 heavy (non-hydrogen) atoms. The maximum atomic E-state index is 12.6. The Kier molecular flexibility index (Phi) is 32.4. The molecule has 1 radical (unpaired) electrons. The van der Waals surface area contributed by atoms with E-state index >= 15 is 0 Å². The van der Waals surface area contributed by atoms with Gasteiger partial charge in [-0.1, -0.05) is 42.2 Å². The van der Waals surface area contributed by atoms with Gasteiger partial charge in [-0.05, 0) is 148 Å². The molecule has 4 aliphatic rings. The zero-order valence-corrected chi connectivity index (χ0v) is 56.0. The summed E-state index contributed by atoms with van der Waals surface area (Å²) in [6, 6.07) is 31.1. The molecule has 7 heterocycles. The van der Waals surface area contributed by atoms with Crippen molar-refractivity contribution in [2.24, 2.45) is 15.3 Å². The first kappa shape index (κ1) is 73.6. The number of benzene rings is 3. The minimum atomic E-state index is -0.541. The van der Waals surface area contributed by atoms with Crippen LogP contribution >= 0.6 is 46.4 Å². The number of hydrogen-bond acceptors (Lipinski definition) is 17. The summed E-state index contributed by atoms with van der Waals surface area (Å²) in [7, 11) is 2.14. The van der Waals surface area contributed by atoms with Crippen molar-refractivity contribution in [3.8, 4) is 34.0 Å². The Morgan fingerprint density at radius 3 is 1.26 bits per heavy atom. The van der Waals surface area contributed by atoms with Crippen LogP contribution < -0.4 is 62.0 Å². The number of nitrogens with zero attached hydrogens (tertiary/aromatic N) is 10. The summed E-state index contributed by atoms with van der Waals surface area (Å²) >= 11 is 23.2. The van der Waals surface area contributed by atoms with Crippen LogP contribution in [0, 0.1) is 0 Å². The number of carbonyl (C=O) groups excluding carboxylic acids is 7. The van der Waals surface area contributed by atoms with Crippen molar-refractivity contribution >= 4 is 159 Å². The number of hydrogen-bond donors (Lipinski definition) is 1. The minimum Gasteiger partial charge on any atom is -0.662 e. The van der Waals surface area contributed by atoms with Crippen molar-refractivity contribution in [3.63, 3.8) is 0 Å². The number of halogens is 4. The summed E-state index contributed by atoms with van der Waals surface area (Å²) in [4.78, 5) is 89.9. The number of alkyl halides is 1. The van der Waals surface area contributed by atoms with Gasteiger partial charge in [0, 0.05) is 128 Å². The van der Waals surface area contributed by atoms with Gasteiger partial charge in [0.25, 0.3) is 18.3 Å². The summed E-state index contributed by atoms with van der Waals surface area (Å²) in [6.07, 6.45) is 7.46. The minimum absolute atomic E-state index is 0. The summed E-state index contributed by atoms with van der Waals surface area (Å²) in [5.74, 6) is 3.11. The molecular formula is C57H60Cl4K2N11O12. The Hall–Kier alpha value is -4.89. The number of imide groups is 3. The van der Waals surface area contributed by atoms with E-state index in [0.29, 0.717) is 75.0 Å². The van der Waals surface area contributed by atoms with Gasteiger partial charge in [0.1, 0.15) is 54.2 Å². The average Bonchev–Trinajstić information content (AvgIpc) is 4.40. The van der Waals surface area contributed by atoms with E-state index in [4.69, 9.17) is 69.7 Å². The molecule has 29 heteroatoms. The predicted octanol–water partition coefficient (Wildman–Crippen LogP) is 5.62. The molecule has 4 saturated heterocycles. The summed E-state index contributed by atoms with van der Waals surface area (Å²) in [5, 5.41) is 28.0. The molecule has 445 valence electrons. The predicted molar refractivity (Wildman–Crippen MR) is 321 cm³/mol. The molecule has 0 bridgehead atoms. The smallest absolute Gasteiger partial charge is 0.662 e. The largest absolute Gasteiger partial charge is 1.00 e. The molecule has 3 aromatic carbocycles. The average molecular weight is 1310 g/mol. The van der Waals surface area contributed by atoms with Gasteiger partial charge in [-0.15, -0.1) is 11.6 Å². The molecular weight excluding hydrogens is 1250 g/mol. The van der Waals surface area contributed by atoms with E-state index in [1.165, 1.54) is 33.5 Å². The summed E-state index contributed by atoms with van der Waals surface area (Å²) in [6.45, 7) is 5.75. The van der Waals surface area contributed by atoms with Crippen molar-refractivity contribution in [2.45, 2.75) is 33.1 Å². The quantitative estimate of drug-likeness (QED) is 0.0151. The van der Waals surface area contributed by atoms with Gasteiger partial charge in [0.15, 0.2) is 0 Å². The van der Waals surface area contributed by atoms with E-state index in [1.807, 2.05) is 42.5 Å². The number of rotatable bonds is 19. The van der Waals surface area contributed by atoms with Gasteiger partial charge in [-0.2, -0.15) is 15.3 Å². The topological polar surface area (TPSA) is 263 Å². The fourth-order valence-electron chi connectivity index (χ4n) is 8.20. The number of carbonyl (C=O) groups is 7. The molecule has 4 aliphatic heterocycles. The first-order chi connectivity index (χ1) is 40.1. The molecule has 0 atom stereocenters. The van der Waals surface area contributed by atoms with E-state index in [9.17, 15) is 28.8 Å². The van der Waals surface area contributed by atoms with Crippen LogP contribution in [-0.2, 0) is 24.1 Å². The zero-order valence-electron chi connectivity index (χ0n) is 46.7. The first-order valence-electron chi connectivity index (χ1n) is 25.8. The molecule has 9 amide bonds. The second-order valence-electron chi connectivity index (χ2n) is 18.5. The molecule has 6 aromatic rings. The number of furan rings is 3. The third-order valence-electron chi connectivity index (χ3n) is 12.6. The maximum Gasteiger partial charge on any atom is 1.00 e. The number of piperazine rings is 1. The Morgan fingerprint density at radius 1 is 0.547 bits per heavy atom. The van der Waals surface area contributed by atoms with Gasteiger partial charge < -0.3 is 33.2 Å². The fraction of sp³-hybridized carbons (Fsp3) is 0.298. The van der Waals surface area contributed by atoms with Crippen molar-refractivity contribution in [1.29, 1.82) is 0 Å². The van der Waals surface area contributed by atoms with E-state index in [2.05, 4.69) is 42.4 Å². The molecule has 23 nitrogen and oxygen atoms in total. The van der Waals surface area contributed by atoms with Crippen molar-refractivity contribution in [1.82, 2.24) is 39.9 Å². The van der Waals surface area contributed by atoms with E-state index in [1.54, 1.807) is 66.7 Å². The second kappa shape index (κ2) is 37.8. The third kappa shape index (κ3) is 22.6. The molecule has 0 unspecified atom stereocenters. The van der Waals surface area contributed by atoms with Crippen LogP contribution in [0.2, 0.25) is 15.1 Å². The number of likely N-dealkylation sites (N-methyl/N-ethyl adjacent to an activating group) is 1. The number of unbranched alkanes of at least 4 members (excludes halogenated alkanes) is 2. The molecule has 0 spiro atoms. The van der Waals surface area contributed by atoms with Crippen LogP contribution in [0.15, 0.2) is 138 Å². The number of urea groups is 3. The standard InChI is InChI=1S/C23H28ClN5O3.C18H17Cl2N3O3.C14H10ClN3O3.CH2O3.CH4.2K/c1-26-12-14-27(15-13-26)10-2-3-11-28-22(30)17-29(23(28)31)25-16-20-8-9-21(32-20)18-4-6-19(24)7-5-18;19-9-1-2-10-22-17(24)12-23(18(22)25)21-11-15-7-8-16(26-15)13-3-5-14(20)6-4-13;15-10-3-1-9(2-4-10)12-6-5-11(21-12)7-16-18-8-13(19)17-14(18)20;2-1-4-3;;;/h4-9,16H,2-3,10-15,17H2,1H3;3-8,11H,1-2,9-10,12H2;1-7H,8H2,(H,17,19,20);1,3H;1H4;;/q;;;;;;+1/p-1/b25-16+;21-11+;16-7+;;;;. The van der Waals surface area contributed by atoms with Crippen LogP contribution in [-0.4, -0.2) is 225 Å². The van der Waals surface area contributed by atoms with Crippen LogP contribution in [0.5, 0.6) is 0 Å². The Labute approximate surface area is 601 Å². The second-order valence-corrected chi connectivity index (χ2v) is 20.2. The monoisotopic (exact) mass is 1310 g/mol. The van der Waals surface area contributed by atoms with E-state index < -0.39 is 12.1 Å². The summed E-state index contributed by atoms with van der Waals surface area (Å²) < 4.78 is 17.1. The molecule has 1 N–H and O–H groups in total. The third-order valence-corrected chi connectivity index (χ3v) is 13.6. The van der Waals surface area contributed by atoms with Crippen LogP contribution in [0.25, 0.3) is 34.0 Å². The van der Waals surface area contributed by atoms with Gasteiger partial charge >= 0.3 is 69.5 Å². The van der Waals surface area contributed by atoms with Gasteiger partial charge in [-0.25, -0.2) is 29.4 Å². The van der Waals surface area contributed by atoms with Crippen LogP contribution in [0.1, 0.15) is 50.4 Å². The number of nitrogens with one attached hydrogen (secondary N) is 1. The van der Waals surface area contributed by atoms with Gasteiger partial charge in [-0.3, -0.25) is 34.3 Å². The first-order valence-corrected chi connectivity index (χ1v) is 27.5. The SMILES string of the molecule is C.CN1CCN(CCCCN2C(=O)CN(/N=C/c3ccc(-c4ccc(Cl)cc4)o3)C2=O)CC1.O=C1CN(/N=C/c2ccc(-c3ccc(Cl)cc3)o2)C(=O)N1.O=C1CN(/N=C/c2ccc(-c3ccc(Cl)cc3)o2)C(=O)N1CCCCCl.O=CO[O-].[K+].[K]. The van der Waals surface area contributed by atoms with E-state index in [0.717, 1.165) is 78.7 Å². The van der Waals surface area contributed by atoms with Crippen molar-refractivity contribution < 1.29 is 108 Å². The molecule has 10 rings (SSSR count). The number of amides is 9. The number of hydrazone groups is 3. The zero-order chi connectivity index (χ0) is 59.3. The van der Waals surface area contributed by atoms with Gasteiger partial charge in [0.05, 0.1) is 18.6 Å². The van der Waals surface area contributed by atoms with Crippen LogP contribution in [0.4, 0.5) is 14.4 Å². The van der Waals surface area contributed by atoms with Gasteiger partial charge in [0.2, 0.25) is 5.91 Å². The fourth-order valence-corrected chi connectivity index (χ4v) is 8.76. The van der Waals surface area contributed by atoms with Crippen molar-refractivity contribution in [2.75, 3.05) is 78.4 Å².